The van der Waals surface area contributed by atoms with Gasteiger partial charge in [0.1, 0.15) is 5.82 Å². The number of thiophene rings is 1. The molecule has 140 valence electrons. The van der Waals surface area contributed by atoms with Crippen molar-refractivity contribution in [3.63, 3.8) is 0 Å². The van der Waals surface area contributed by atoms with E-state index in [1.807, 2.05) is 18.4 Å². The number of fused-ring (bicyclic) bond motifs is 1. The topological polar surface area (TPSA) is 70.4 Å². The molecule has 7 nitrogen and oxygen atoms in total. The fourth-order valence-electron chi connectivity index (χ4n) is 3.86. The second-order valence-corrected chi connectivity index (χ2v) is 7.85. The molecule has 2 aliphatic heterocycles. The van der Waals surface area contributed by atoms with E-state index in [4.69, 9.17) is 0 Å². The molecule has 2 aromatic heterocycles. The maximum Gasteiger partial charge on any atom is 0.191 e. The van der Waals surface area contributed by atoms with E-state index in [2.05, 4.69) is 52.8 Å². The third-order valence-electron chi connectivity index (χ3n) is 5.24. The summed E-state index contributed by atoms with van der Waals surface area (Å²) < 4.78 is 2.22. The van der Waals surface area contributed by atoms with Crippen LogP contribution in [0.3, 0.4) is 0 Å². The van der Waals surface area contributed by atoms with Crippen LogP contribution in [0.4, 0.5) is 0 Å². The van der Waals surface area contributed by atoms with Crippen LogP contribution in [0.25, 0.3) is 0 Å². The Morgan fingerprint density at radius 1 is 1.23 bits per heavy atom. The van der Waals surface area contributed by atoms with Crippen LogP contribution in [0.2, 0.25) is 0 Å². The highest BCUT2D eigenvalue weighted by Gasteiger charge is 2.24. The minimum atomic E-state index is 0.411. The van der Waals surface area contributed by atoms with Crippen molar-refractivity contribution in [2.75, 3.05) is 26.7 Å². The SMILES string of the molecule is CN=C(NCc1nnc2n1CCC2)NCC(c1cccs1)N1CCCC1. The van der Waals surface area contributed by atoms with Gasteiger partial charge in [-0.3, -0.25) is 9.89 Å². The molecule has 1 atom stereocenters. The third-order valence-corrected chi connectivity index (χ3v) is 6.21. The van der Waals surface area contributed by atoms with E-state index in [1.54, 1.807) is 0 Å². The number of guanidine groups is 1. The van der Waals surface area contributed by atoms with Crippen LogP contribution < -0.4 is 10.6 Å². The van der Waals surface area contributed by atoms with Gasteiger partial charge in [0.25, 0.3) is 0 Å². The summed E-state index contributed by atoms with van der Waals surface area (Å²) in [6, 6.07) is 4.79. The van der Waals surface area contributed by atoms with E-state index in [-0.39, 0.29) is 0 Å². The maximum atomic E-state index is 4.38. The molecule has 2 N–H and O–H groups in total. The predicted octanol–water partition coefficient (Wildman–Crippen LogP) is 1.79. The molecule has 0 aliphatic carbocycles. The lowest BCUT2D eigenvalue weighted by Crippen LogP contribution is -2.42. The standard InChI is InChI=1S/C18H27N7S/c1-19-18(21-13-17-23-22-16-7-4-10-25(16)17)20-12-14(15-6-5-11-26-15)24-8-2-3-9-24/h5-6,11,14H,2-4,7-10,12-13H2,1H3,(H2,19,20,21). The van der Waals surface area contributed by atoms with Gasteiger partial charge in [-0.15, -0.1) is 21.5 Å². The molecular weight excluding hydrogens is 346 g/mol. The first-order chi connectivity index (χ1) is 12.8. The lowest BCUT2D eigenvalue weighted by Gasteiger charge is -2.27. The van der Waals surface area contributed by atoms with Gasteiger partial charge in [-0.1, -0.05) is 6.07 Å². The molecule has 0 spiro atoms. The van der Waals surface area contributed by atoms with E-state index in [9.17, 15) is 0 Å². The number of aryl methyl sites for hydroxylation is 1. The number of nitrogens with zero attached hydrogens (tertiary/aromatic N) is 5. The number of likely N-dealkylation sites (tertiary alicyclic amines) is 1. The van der Waals surface area contributed by atoms with E-state index < -0.39 is 0 Å². The van der Waals surface area contributed by atoms with Gasteiger partial charge in [0.05, 0.1) is 12.6 Å². The van der Waals surface area contributed by atoms with Gasteiger partial charge in [-0.25, -0.2) is 0 Å². The van der Waals surface area contributed by atoms with Gasteiger partial charge in [-0.2, -0.15) is 0 Å². The maximum absolute atomic E-state index is 4.38. The lowest BCUT2D eigenvalue weighted by molar-refractivity contribution is 0.249. The van der Waals surface area contributed by atoms with Gasteiger partial charge >= 0.3 is 0 Å². The third kappa shape index (κ3) is 3.76. The number of rotatable bonds is 6. The second-order valence-electron chi connectivity index (χ2n) is 6.87. The average Bonchev–Trinajstić information content (AvgIpc) is 3.44. The van der Waals surface area contributed by atoms with Gasteiger partial charge in [0.2, 0.25) is 0 Å². The molecule has 0 amide bonds. The van der Waals surface area contributed by atoms with Crippen molar-refractivity contribution in [3.8, 4) is 0 Å². The molecule has 1 saturated heterocycles. The summed E-state index contributed by atoms with van der Waals surface area (Å²) in [4.78, 5) is 8.39. The monoisotopic (exact) mass is 373 g/mol. The van der Waals surface area contributed by atoms with E-state index in [0.29, 0.717) is 12.6 Å². The summed E-state index contributed by atoms with van der Waals surface area (Å²) in [5.41, 5.74) is 0. The molecule has 0 aromatic carbocycles. The largest absolute Gasteiger partial charge is 0.354 e. The molecule has 2 aromatic rings. The highest BCUT2D eigenvalue weighted by atomic mass is 32.1. The van der Waals surface area contributed by atoms with Crippen LogP contribution in [0.15, 0.2) is 22.5 Å². The van der Waals surface area contributed by atoms with E-state index in [0.717, 1.165) is 37.1 Å². The molecule has 1 fully saturated rings. The lowest BCUT2D eigenvalue weighted by atomic mass is 10.2. The second kappa shape index (κ2) is 8.18. The van der Waals surface area contributed by atoms with Crippen LogP contribution in [-0.2, 0) is 19.5 Å². The molecule has 26 heavy (non-hydrogen) atoms. The number of nitrogens with one attached hydrogen (secondary N) is 2. The molecule has 4 rings (SSSR count). The van der Waals surface area contributed by atoms with Gasteiger partial charge in [-0.05, 0) is 43.8 Å². The Hall–Kier alpha value is -1.93. The van der Waals surface area contributed by atoms with Crippen LogP contribution in [0.5, 0.6) is 0 Å². The molecule has 1 unspecified atom stereocenters. The number of hydrogen-bond donors (Lipinski definition) is 2. The Kier molecular flexibility index (Phi) is 5.50. The van der Waals surface area contributed by atoms with Gasteiger partial charge < -0.3 is 15.2 Å². The molecule has 0 saturated carbocycles. The Balaban J connectivity index is 1.35. The van der Waals surface area contributed by atoms with E-state index in [1.165, 1.54) is 37.2 Å². The molecule has 0 radical (unpaired) electrons. The summed E-state index contributed by atoms with van der Waals surface area (Å²) in [6.07, 6.45) is 4.81. The first kappa shape index (κ1) is 17.5. The molecule has 2 aliphatic rings. The summed E-state index contributed by atoms with van der Waals surface area (Å²) in [6.45, 7) is 4.91. The Labute approximate surface area is 158 Å². The summed E-state index contributed by atoms with van der Waals surface area (Å²) in [5, 5.41) is 17.6. The van der Waals surface area contributed by atoms with Crippen molar-refractivity contribution in [2.45, 2.75) is 44.8 Å². The Morgan fingerprint density at radius 3 is 2.88 bits per heavy atom. The zero-order valence-corrected chi connectivity index (χ0v) is 16.1. The smallest absolute Gasteiger partial charge is 0.191 e. The minimum absolute atomic E-state index is 0.411. The highest BCUT2D eigenvalue weighted by Crippen LogP contribution is 2.27. The number of aliphatic imine (C=N–C) groups is 1. The average molecular weight is 374 g/mol. The first-order valence-electron chi connectivity index (χ1n) is 9.48. The van der Waals surface area contributed by atoms with Crippen molar-refractivity contribution >= 4 is 17.3 Å². The van der Waals surface area contributed by atoms with Crippen molar-refractivity contribution in [2.24, 2.45) is 4.99 Å². The number of hydrogen-bond acceptors (Lipinski definition) is 5. The van der Waals surface area contributed by atoms with Crippen molar-refractivity contribution in [1.82, 2.24) is 30.3 Å². The molecule has 8 heteroatoms. The Bertz CT molecular complexity index is 731. The highest BCUT2D eigenvalue weighted by molar-refractivity contribution is 7.10. The summed E-state index contributed by atoms with van der Waals surface area (Å²) in [7, 11) is 1.82. The predicted molar refractivity (Wildman–Crippen MR) is 104 cm³/mol. The van der Waals surface area contributed by atoms with Crippen LogP contribution in [0.1, 0.15) is 41.8 Å². The molecule has 0 bridgehead atoms. The summed E-state index contributed by atoms with van der Waals surface area (Å²) in [5.74, 6) is 2.92. The minimum Gasteiger partial charge on any atom is -0.354 e. The van der Waals surface area contributed by atoms with Crippen LogP contribution in [0, 0.1) is 0 Å². The Morgan fingerprint density at radius 2 is 2.12 bits per heavy atom. The molecule has 4 heterocycles. The van der Waals surface area contributed by atoms with Crippen molar-refractivity contribution in [1.29, 1.82) is 0 Å². The zero-order chi connectivity index (χ0) is 17.8. The van der Waals surface area contributed by atoms with E-state index >= 15 is 0 Å². The quantitative estimate of drug-likeness (QED) is 0.597. The summed E-state index contributed by atoms with van der Waals surface area (Å²) >= 11 is 1.84. The first-order valence-corrected chi connectivity index (χ1v) is 10.4. The number of aromatic nitrogens is 3. The van der Waals surface area contributed by atoms with Crippen LogP contribution >= 0.6 is 11.3 Å². The fourth-order valence-corrected chi connectivity index (χ4v) is 4.72. The fraction of sp³-hybridized carbons (Fsp3) is 0.611. The van der Waals surface area contributed by atoms with Crippen molar-refractivity contribution in [3.05, 3.63) is 34.0 Å². The zero-order valence-electron chi connectivity index (χ0n) is 15.3. The van der Waals surface area contributed by atoms with Crippen molar-refractivity contribution < 1.29 is 0 Å². The van der Waals surface area contributed by atoms with Gasteiger partial charge in [0.15, 0.2) is 11.8 Å². The normalized spacial score (nSPS) is 18.9. The molecular formula is C18H27N7S. The van der Waals surface area contributed by atoms with Crippen LogP contribution in [-0.4, -0.2) is 52.3 Å². The van der Waals surface area contributed by atoms with Gasteiger partial charge in [0, 0.05) is 31.4 Å².